The van der Waals surface area contributed by atoms with E-state index in [1.807, 2.05) is 13.8 Å². The van der Waals surface area contributed by atoms with Crippen molar-refractivity contribution >= 4 is 17.2 Å². The number of rotatable bonds is 2. The van der Waals surface area contributed by atoms with Gasteiger partial charge in [-0.15, -0.1) is 0 Å². The van der Waals surface area contributed by atoms with Gasteiger partial charge in [0, 0.05) is 5.92 Å². The van der Waals surface area contributed by atoms with E-state index in [4.69, 9.17) is 12.2 Å². The first kappa shape index (κ1) is 7.85. The van der Waals surface area contributed by atoms with Crippen LogP contribution in [0.5, 0.6) is 0 Å². The molecular weight excluding hydrogens is 122 g/mol. The van der Waals surface area contributed by atoms with Crippen LogP contribution in [0.3, 0.4) is 0 Å². The maximum Gasteiger partial charge on any atom is 0.103 e. The van der Waals surface area contributed by atoms with Gasteiger partial charge in [-0.25, -0.2) is 0 Å². The smallest absolute Gasteiger partial charge is 0.103 e. The monoisotopic (exact) mass is 133 g/mol. The van der Waals surface area contributed by atoms with Crippen LogP contribution >= 0.6 is 12.2 Å². The van der Waals surface area contributed by atoms with Crippen molar-refractivity contribution in [1.29, 1.82) is 0 Å². The van der Waals surface area contributed by atoms with Crippen LogP contribution < -0.4 is 5.48 Å². The van der Waals surface area contributed by atoms with Crippen molar-refractivity contribution in [1.82, 2.24) is 5.48 Å². The molecule has 0 aliphatic carbocycles. The minimum absolute atomic E-state index is 0.366. The lowest BCUT2D eigenvalue weighted by Crippen LogP contribution is -2.24. The van der Waals surface area contributed by atoms with Crippen LogP contribution in [0, 0.1) is 5.92 Å². The molecule has 8 heavy (non-hydrogen) atoms. The summed E-state index contributed by atoms with van der Waals surface area (Å²) >= 11 is 4.84. The summed E-state index contributed by atoms with van der Waals surface area (Å²) in [7, 11) is 1.55. The largest absolute Gasteiger partial charge is 0.279 e. The van der Waals surface area contributed by atoms with Gasteiger partial charge in [0.15, 0.2) is 0 Å². The molecule has 0 spiro atoms. The molecular formula is C5H11NOS. The molecule has 0 saturated carbocycles. The van der Waals surface area contributed by atoms with E-state index >= 15 is 0 Å². The van der Waals surface area contributed by atoms with Crippen LogP contribution in [-0.4, -0.2) is 12.1 Å². The summed E-state index contributed by atoms with van der Waals surface area (Å²) in [5.41, 5.74) is 2.58. The molecule has 0 aromatic carbocycles. The molecule has 0 aromatic rings. The molecule has 0 aromatic heterocycles. The second-order valence-corrected chi connectivity index (χ2v) is 2.26. The molecule has 0 aliphatic rings. The molecule has 48 valence electrons. The Morgan fingerprint density at radius 3 is 2.25 bits per heavy atom. The topological polar surface area (TPSA) is 21.3 Å². The van der Waals surface area contributed by atoms with Gasteiger partial charge in [-0.3, -0.25) is 10.3 Å². The predicted octanol–water partition coefficient (Wildman–Crippen LogP) is 1.12. The van der Waals surface area contributed by atoms with E-state index in [0.717, 1.165) is 4.99 Å². The Labute approximate surface area is 55.2 Å². The van der Waals surface area contributed by atoms with Crippen molar-refractivity contribution in [3.8, 4) is 0 Å². The fourth-order valence-corrected chi connectivity index (χ4v) is 0.302. The molecule has 0 rings (SSSR count). The second kappa shape index (κ2) is 3.80. The Morgan fingerprint density at radius 2 is 2.12 bits per heavy atom. The molecule has 0 fully saturated rings. The predicted molar refractivity (Wildman–Crippen MR) is 37.6 cm³/mol. The van der Waals surface area contributed by atoms with Crippen molar-refractivity contribution in [2.45, 2.75) is 13.8 Å². The molecule has 0 saturated heterocycles. The fraction of sp³-hybridized carbons (Fsp3) is 0.800. The zero-order valence-corrected chi connectivity index (χ0v) is 6.21. The molecule has 0 unspecified atom stereocenters. The first-order chi connectivity index (χ1) is 3.68. The Hall–Kier alpha value is -0.150. The molecule has 0 radical (unpaired) electrons. The van der Waals surface area contributed by atoms with Gasteiger partial charge < -0.3 is 0 Å². The summed E-state index contributed by atoms with van der Waals surface area (Å²) < 4.78 is 0. The van der Waals surface area contributed by atoms with Crippen molar-refractivity contribution in [2.24, 2.45) is 5.92 Å². The first-order valence-corrected chi connectivity index (χ1v) is 2.92. The lowest BCUT2D eigenvalue weighted by molar-refractivity contribution is 0.143. The van der Waals surface area contributed by atoms with E-state index < -0.39 is 0 Å². The highest BCUT2D eigenvalue weighted by molar-refractivity contribution is 7.80. The fourth-order valence-electron chi connectivity index (χ4n) is 0.218. The highest BCUT2D eigenvalue weighted by Crippen LogP contribution is 1.91. The van der Waals surface area contributed by atoms with Crippen LogP contribution in [0.25, 0.3) is 0 Å². The van der Waals surface area contributed by atoms with Gasteiger partial charge in [0.05, 0.1) is 7.11 Å². The van der Waals surface area contributed by atoms with Crippen LogP contribution in [0.15, 0.2) is 0 Å². The minimum atomic E-state index is 0.366. The third kappa shape index (κ3) is 2.93. The van der Waals surface area contributed by atoms with E-state index in [0.29, 0.717) is 5.92 Å². The van der Waals surface area contributed by atoms with Crippen LogP contribution in [-0.2, 0) is 4.84 Å². The first-order valence-electron chi connectivity index (χ1n) is 2.51. The molecule has 1 N–H and O–H groups in total. The zero-order valence-electron chi connectivity index (χ0n) is 5.39. The van der Waals surface area contributed by atoms with E-state index in [2.05, 4.69) is 10.3 Å². The molecule has 2 nitrogen and oxygen atoms in total. The summed E-state index contributed by atoms with van der Waals surface area (Å²) in [5, 5.41) is 0. The van der Waals surface area contributed by atoms with Crippen LogP contribution in [0.4, 0.5) is 0 Å². The maximum absolute atomic E-state index is 4.84. The summed E-state index contributed by atoms with van der Waals surface area (Å²) in [6.07, 6.45) is 0. The Kier molecular flexibility index (Phi) is 3.73. The molecule has 0 bridgehead atoms. The Bertz CT molecular complexity index is 82.5. The average molecular weight is 133 g/mol. The SMILES string of the molecule is CONC(=S)C(C)C. The number of nitrogens with one attached hydrogen (secondary N) is 1. The van der Waals surface area contributed by atoms with Gasteiger partial charge in [0.1, 0.15) is 4.99 Å². The lowest BCUT2D eigenvalue weighted by Gasteiger charge is -2.06. The normalized spacial score (nSPS) is 9.50. The van der Waals surface area contributed by atoms with Crippen molar-refractivity contribution in [3.05, 3.63) is 0 Å². The number of hydrogen-bond acceptors (Lipinski definition) is 2. The molecule has 0 heterocycles. The van der Waals surface area contributed by atoms with E-state index in [1.54, 1.807) is 7.11 Å². The molecule has 0 amide bonds. The van der Waals surface area contributed by atoms with E-state index in [-0.39, 0.29) is 0 Å². The third-order valence-corrected chi connectivity index (χ3v) is 1.28. The van der Waals surface area contributed by atoms with Crippen molar-refractivity contribution < 1.29 is 4.84 Å². The minimum Gasteiger partial charge on any atom is -0.279 e. The standard InChI is InChI=1S/C5H11NOS/c1-4(2)5(8)6-7-3/h4H,1-3H3,(H,6,8). The highest BCUT2D eigenvalue weighted by atomic mass is 32.1. The maximum atomic E-state index is 4.84. The summed E-state index contributed by atoms with van der Waals surface area (Å²) in [6, 6.07) is 0. The number of hydroxylamine groups is 1. The molecule has 0 atom stereocenters. The third-order valence-electron chi connectivity index (χ3n) is 0.727. The van der Waals surface area contributed by atoms with Gasteiger partial charge in [-0.05, 0) is 0 Å². The van der Waals surface area contributed by atoms with Crippen molar-refractivity contribution in [3.63, 3.8) is 0 Å². The lowest BCUT2D eigenvalue weighted by atomic mass is 10.2. The summed E-state index contributed by atoms with van der Waals surface area (Å²) in [4.78, 5) is 5.32. The van der Waals surface area contributed by atoms with Gasteiger partial charge in [-0.2, -0.15) is 0 Å². The van der Waals surface area contributed by atoms with Gasteiger partial charge in [0.2, 0.25) is 0 Å². The molecule has 0 aliphatic heterocycles. The zero-order chi connectivity index (χ0) is 6.57. The Morgan fingerprint density at radius 1 is 1.62 bits per heavy atom. The summed E-state index contributed by atoms with van der Waals surface area (Å²) in [6.45, 7) is 4.02. The Balaban J connectivity index is 3.33. The number of hydrogen-bond donors (Lipinski definition) is 1. The quantitative estimate of drug-likeness (QED) is 0.450. The van der Waals surface area contributed by atoms with E-state index in [9.17, 15) is 0 Å². The van der Waals surface area contributed by atoms with Crippen molar-refractivity contribution in [2.75, 3.05) is 7.11 Å². The number of thiocarbonyl (C=S) groups is 1. The van der Waals surface area contributed by atoms with Gasteiger partial charge in [-0.1, -0.05) is 26.1 Å². The highest BCUT2D eigenvalue weighted by Gasteiger charge is 1.98. The van der Waals surface area contributed by atoms with E-state index in [1.165, 1.54) is 0 Å². The molecule has 3 heteroatoms. The summed E-state index contributed by atoms with van der Waals surface area (Å²) in [5.74, 6) is 0.366. The average Bonchev–Trinajstić information content (AvgIpc) is 1.67. The van der Waals surface area contributed by atoms with Gasteiger partial charge in [0.25, 0.3) is 0 Å². The van der Waals surface area contributed by atoms with Gasteiger partial charge >= 0.3 is 0 Å². The van der Waals surface area contributed by atoms with Crippen LogP contribution in [0.1, 0.15) is 13.8 Å². The second-order valence-electron chi connectivity index (χ2n) is 1.83. The van der Waals surface area contributed by atoms with Crippen LogP contribution in [0.2, 0.25) is 0 Å².